The molecule has 1 aliphatic heterocycles. The molecule has 30 heavy (non-hydrogen) atoms. The fraction of sp³-hybridized carbons (Fsp3) is 0.600. The van der Waals surface area contributed by atoms with Crippen molar-refractivity contribution in [1.82, 2.24) is 19.9 Å². The summed E-state index contributed by atoms with van der Waals surface area (Å²) in [5.74, 6) is 2.30. The topological polar surface area (TPSA) is 104 Å². The van der Waals surface area contributed by atoms with Gasteiger partial charge in [0.05, 0.1) is 39.1 Å². The summed E-state index contributed by atoms with van der Waals surface area (Å²) in [7, 11) is -1.22. The highest BCUT2D eigenvalue weighted by Gasteiger charge is 2.37. The van der Waals surface area contributed by atoms with Crippen molar-refractivity contribution in [1.29, 1.82) is 0 Å². The minimum Gasteiger partial charge on any atom is -0.394 e. The molecule has 0 bridgehead atoms. The molecule has 2 atom stereocenters. The molecule has 8 nitrogen and oxygen atoms in total. The Morgan fingerprint density at radius 1 is 1.20 bits per heavy atom. The molecule has 1 saturated heterocycles. The number of rotatable bonds is 6. The van der Waals surface area contributed by atoms with Crippen molar-refractivity contribution < 1.29 is 9.32 Å². The molecule has 0 spiro atoms. The normalized spacial score (nSPS) is 22.1. The predicted octanol–water partition coefficient (Wildman–Crippen LogP) is 2.76. The average molecular weight is 451 g/mol. The first kappa shape index (κ1) is 21.4. The van der Waals surface area contributed by atoms with E-state index in [-0.39, 0.29) is 18.1 Å². The molecule has 162 valence electrons. The second kappa shape index (κ2) is 9.11. The number of aromatic nitrogens is 4. The number of hydrogen-bond acceptors (Lipinski definition) is 8. The Labute approximate surface area is 184 Å². The lowest BCUT2D eigenvalue weighted by Crippen LogP contribution is -2.48. The highest BCUT2D eigenvalue weighted by Crippen LogP contribution is 2.36. The molecule has 1 aliphatic carbocycles. The van der Waals surface area contributed by atoms with E-state index in [1.54, 1.807) is 24.8 Å². The third-order valence-corrected chi connectivity index (χ3v) is 7.18. The minimum atomic E-state index is -1.22. The van der Waals surface area contributed by atoms with Crippen LogP contribution < -0.4 is 10.2 Å². The second-order valence-corrected chi connectivity index (χ2v) is 9.91. The quantitative estimate of drug-likeness (QED) is 0.692. The molecule has 2 N–H and O–H groups in total. The summed E-state index contributed by atoms with van der Waals surface area (Å²) >= 11 is 5.91. The predicted molar refractivity (Wildman–Crippen MR) is 118 cm³/mol. The molecule has 0 aromatic carbocycles. The molecule has 10 heteroatoms. The Morgan fingerprint density at radius 2 is 1.97 bits per heavy atom. The standard InChI is InChI=1S/C20H27ClN6O2S/c1-30(29)16-12-24-19(25-18(16)26-20(13-28)6-3-7-20)27-8-2-4-14(5-9-27)17-22-10-15(21)11-23-17/h10-12,14,28H,2-9,13H2,1H3,(H,24,25,26). The summed E-state index contributed by atoms with van der Waals surface area (Å²) < 4.78 is 12.2. The largest absolute Gasteiger partial charge is 0.394 e. The van der Waals surface area contributed by atoms with Gasteiger partial charge in [0.15, 0.2) is 0 Å². The Kier molecular flexibility index (Phi) is 6.50. The van der Waals surface area contributed by atoms with Crippen LogP contribution in [0.1, 0.15) is 50.3 Å². The molecule has 2 fully saturated rings. The lowest BCUT2D eigenvalue weighted by Gasteiger charge is -2.41. The van der Waals surface area contributed by atoms with Crippen LogP contribution in [0.25, 0.3) is 0 Å². The van der Waals surface area contributed by atoms with Crippen LogP contribution in [0.2, 0.25) is 5.02 Å². The van der Waals surface area contributed by atoms with Gasteiger partial charge in [-0.1, -0.05) is 11.6 Å². The number of nitrogens with one attached hydrogen (secondary N) is 1. The molecule has 2 unspecified atom stereocenters. The summed E-state index contributed by atoms with van der Waals surface area (Å²) in [6.45, 7) is 1.66. The Morgan fingerprint density at radius 3 is 2.60 bits per heavy atom. The summed E-state index contributed by atoms with van der Waals surface area (Å²) in [6, 6.07) is 0. The molecule has 2 aliphatic rings. The minimum absolute atomic E-state index is 0.0363. The van der Waals surface area contributed by atoms with E-state index < -0.39 is 10.8 Å². The maximum atomic E-state index is 12.2. The van der Waals surface area contributed by atoms with Gasteiger partial charge in [-0.2, -0.15) is 4.98 Å². The first-order chi connectivity index (χ1) is 14.5. The molecular weight excluding hydrogens is 424 g/mol. The SMILES string of the molecule is CS(=O)c1cnc(N2CCCC(c3ncc(Cl)cn3)CC2)nc1NC1(CO)CCC1. The van der Waals surface area contributed by atoms with Crippen LogP contribution in [0.15, 0.2) is 23.5 Å². The van der Waals surface area contributed by atoms with Gasteiger partial charge in [-0.15, -0.1) is 0 Å². The smallest absolute Gasteiger partial charge is 0.227 e. The van der Waals surface area contributed by atoms with Gasteiger partial charge in [0.2, 0.25) is 5.95 Å². The van der Waals surface area contributed by atoms with Gasteiger partial charge in [0, 0.05) is 37.7 Å². The number of aliphatic hydroxyl groups excluding tert-OH is 1. The molecule has 1 saturated carbocycles. The lowest BCUT2D eigenvalue weighted by molar-refractivity contribution is 0.143. The summed E-state index contributed by atoms with van der Waals surface area (Å²) in [4.78, 5) is 20.8. The van der Waals surface area contributed by atoms with Crippen molar-refractivity contribution in [2.45, 2.75) is 54.9 Å². The number of nitrogens with zero attached hydrogens (tertiary/aromatic N) is 5. The summed E-state index contributed by atoms with van der Waals surface area (Å²) in [6.07, 6.45) is 12.3. The number of anilines is 2. The Balaban J connectivity index is 1.52. The van der Waals surface area contributed by atoms with Crippen LogP contribution in [0.5, 0.6) is 0 Å². The Bertz CT molecular complexity index is 903. The fourth-order valence-electron chi connectivity index (χ4n) is 4.08. The zero-order valence-electron chi connectivity index (χ0n) is 17.1. The maximum Gasteiger partial charge on any atom is 0.227 e. The third-order valence-electron chi connectivity index (χ3n) is 6.07. The highest BCUT2D eigenvalue weighted by molar-refractivity contribution is 7.84. The van der Waals surface area contributed by atoms with Crippen LogP contribution in [0.3, 0.4) is 0 Å². The zero-order valence-corrected chi connectivity index (χ0v) is 18.6. The molecule has 3 heterocycles. The molecule has 4 rings (SSSR count). The van der Waals surface area contributed by atoms with Gasteiger partial charge in [0.25, 0.3) is 0 Å². The van der Waals surface area contributed by atoms with Gasteiger partial charge in [-0.3, -0.25) is 4.21 Å². The van der Waals surface area contributed by atoms with Crippen molar-refractivity contribution in [3.05, 3.63) is 29.4 Å². The second-order valence-electron chi connectivity index (χ2n) is 8.13. The van der Waals surface area contributed by atoms with Gasteiger partial charge in [-0.05, 0) is 38.5 Å². The van der Waals surface area contributed by atoms with Crippen LogP contribution >= 0.6 is 11.6 Å². The first-order valence-electron chi connectivity index (χ1n) is 10.3. The van der Waals surface area contributed by atoms with Crippen LogP contribution in [-0.2, 0) is 10.8 Å². The van der Waals surface area contributed by atoms with Gasteiger partial charge in [0.1, 0.15) is 11.6 Å². The van der Waals surface area contributed by atoms with Crippen molar-refractivity contribution in [2.75, 3.05) is 36.2 Å². The van der Waals surface area contributed by atoms with E-state index in [0.717, 1.165) is 57.4 Å². The molecule has 2 aromatic heterocycles. The van der Waals surface area contributed by atoms with E-state index in [9.17, 15) is 9.32 Å². The Hall–Kier alpha value is -1.84. The van der Waals surface area contributed by atoms with E-state index >= 15 is 0 Å². The first-order valence-corrected chi connectivity index (χ1v) is 12.3. The molecule has 0 amide bonds. The van der Waals surface area contributed by atoms with E-state index in [0.29, 0.717) is 21.7 Å². The van der Waals surface area contributed by atoms with Crippen molar-refractivity contribution >= 4 is 34.2 Å². The van der Waals surface area contributed by atoms with Crippen LogP contribution in [-0.4, -0.2) is 60.7 Å². The van der Waals surface area contributed by atoms with Gasteiger partial charge < -0.3 is 15.3 Å². The number of halogens is 1. The van der Waals surface area contributed by atoms with E-state index in [1.165, 1.54) is 0 Å². The van der Waals surface area contributed by atoms with Crippen molar-refractivity contribution in [2.24, 2.45) is 0 Å². The monoisotopic (exact) mass is 450 g/mol. The highest BCUT2D eigenvalue weighted by atomic mass is 35.5. The zero-order chi connectivity index (χ0) is 21.1. The van der Waals surface area contributed by atoms with E-state index in [2.05, 4.69) is 25.2 Å². The lowest BCUT2D eigenvalue weighted by atomic mass is 9.77. The summed E-state index contributed by atoms with van der Waals surface area (Å²) in [5.41, 5.74) is -0.366. The maximum absolute atomic E-state index is 12.2. The van der Waals surface area contributed by atoms with E-state index in [4.69, 9.17) is 16.6 Å². The van der Waals surface area contributed by atoms with E-state index in [1.807, 2.05) is 0 Å². The number of hydrogen-bond donors (Lipinski definition) is 2. The molecule has 0 radical (unpaired) electrons. The fourth-order valence-corrected chi connectivity index (χ4v) is 4.75. The average Bonchev–Trinajstić information content (AvgIpc) is 2.97. The van der Waals surface area contributed by atoms with Crippen molar-refractivity contribution in [3.63, 3.8) is 0 Å². The molecule has 2 aromatic rings. The number of aliphatic hydroxyl groups is 1. The molecular formula is C20H27ClN6O2S. The van der Waals surface area contributed by atoms with Crippen LogP contribution in [0, 0.1) is 0 Å². The van der Waals surface area contributed by atoms with Gasteiger partial charge in [-0.25, -0.2) is 15.0 Å². The third kappa shape index (κ3) is 4.58. The van der Waals surface area contributed by atoms with Gasteiger partial charge >= 0.3 is 0 Å². The summed E-state index contributed by atoms with van der Waals surface area (Å²) in [5, 5.41) is 13.7. The van der Waals surface area contributed by atoms with Crippen LogP contribution in [0.4, 0.5) is 11.8 Å². The van der Waals surface area contributed by atoms with Crippen molar-refractivity contribution in [3.8, 4) is 0 Å².